The highest BCUT2D eigenvalue weighted by Crippen LogP contribution is 2.55. The van der Waals surface area contributed by atoms with Crippen molar-refractivity contribution in [1.82, 2.24) is 0 Å². The van der Waals surface area contributed by atoms with E-state index in [-0.39, 0.29) is 0 Å². The number of rotatable bonds is 0. The Hall–Kier alpha value is -0.850. The first-order chi connectivity index (χ1) is 8.01. The van der Waals surface area contributed by atoms with Crippen LogP contribution in [0.5, 0.6) is 0 Å². The van der Waals surface area contributed by atoms with Gasteiger partial charge in [-0.1, -0.05) is 38.5 Å². The second-order valence-corrected chi connectivity index (χ2v) is 6.62. The molecule has 0 aliphatic heterocycles. The van der Waals surface area contributed by atoms with Gasteiger partial charge < -0.3 is 0 Å². The number of fused-ring (bicyclic) bond motifs is 2. The molecular formula is C16H22O. The smallest absolute Gasteiger partial charge is 0.159 e. The maximum absolute atomic E-state index is 11.8. The fourth-order valence-corrected chi connectivity index (χ4v) is 4.45. The van der Waals surface area contributed by atoms with E-state index < -0.39 is 0 Å². The van der Waals surface area contributed by atoms with Gasteiger partial charge in [-0.15, -0.1) is 0 Å². The Morgan fingerprint density at radius 1 is 1.47 bits per heavy atom. The van der Waals surface area contributed by atoms with Gasteiger partial charge in [0.2, 0.25) is 0 Å². The van der Waals surface area contributed by atoms with Crippen molar-refractivity contribution >= 4 is 5.78 Å². The summed E-state index contributed by atoms with van der Waals surface area (Å²) in [6, 6.07) is 0. The molecular weight excluding hydrogens is 208 g/mol. The quantitative estimate of drug-likeness (QED) is 0.455. The number of hydrogen-bond donors (Lipinski definition) is 0. The maximum Gasteiger partial charge on any atom is 0.159 e. The lowest BCUT2D eigenvalue weighted by Gasteiger charge is -2.46. The zero-order valence-corrected chi connectivity index (χ0v) is 11.0. The van der Waals surface area contributed by atoms with E-state index in [2.05, 4.69) is 26.5 Å². The minimum atomic E-state index is 0.312. The van der Waals surface area contributed by atoms with E-state index >= 15 is 0 Å². The molecule has 0 amide bonds. The molecule has 0 heterocycles. The second-order valence-electron chi connectivity index (χ2n) is 6.62. The molecule has 0 spiro atoms. The molecule has 3 rings (SSSR count). The van der Waals surface area contributed by atoms with Crippen LogP contribution in [-0.2, 0) is 4.79 Å². The molecule has 0 bridgehead atoms. The minimum absolute atomic E-state index is 0.312. The molecule has 0 aromatic rings. The molecule has 4 atom stereocenters. The minimum Gasteiger partial charge on any atom is -0.295 e. The van der Waals surface area contributed by atoms with Gasteiger partial charge in [0.1, 0.15) is 0 Å². The summed E-state index contributed by atoms with van der Waals surface area (Å²) in [5.41, 5.74) is 2.88. The van der Waals surface area contributed by atoms with Gasteiger partial charge in [0.25, 0.3) is 0 Å². The summed E-state index contributed by atoms with van der Waals surface area (Å²) in [5, 5.41) is 0. The SMILES string of the molecule is C=C1C(=O)CC2C[C@@]3(C)CCC[C@H](C)C3=CC12. The molecule has 1 heteroatoms. The predicted octanol–water partition coefficient (Wildman–Crippen LogP) is 3.90. The molecule has 0 aromatic heterocycles. The number of allylic oxidation sites excluding steroid dienone is 3. The zero-order chi connectivity index (χ0) is 12.2. The Morgan fingerprint density at radius 2 is 2.24 bits per heavy atom. The van der Waals surface area contributed by atoms with Crippen LogP contribution in [0.4, 0.5) is 0 Å². The van der Waals surface area contributed by atoms with Crippen molar-refractivity contribution in [2.45, 2.75) is 46.0 Å². The molecule has 17 heavy (non-hydrogen) atoms. The molecule has 0 N–H and O–H groups in total. The summed E-state index contributed by atoms with van der Waals surface area (Å²) in [7, 11) is 0. The van der Waals surface area contributed by atoms with E-state index in [9.17, 15) is 4.79 Å². The van der Waals surface area contributed by atoms with E-state index in [1.54, 1.807) is 5.57 Å². The van der Waals surface area contributed by atoms with Gasteiger partial charge in [-0.3, -0.25) is 4.79 Å². The third kappa shape index (κ3) is 1.55. The summed E-state index contributed by atoms with van der Waals surface area (Å²) < 4.78 is 0. The average molecular weight is 230 g/mol. The van der Waals surface area contributed by atoms with Crippen LogP contribution in [-0.4, -0.2) is 5.78 Å². The van der Waals surface area contributed by atoms with Crippen LogP contribution in [0, 0.1) is 23.2 Å². The van der Waals surface area contributed by atoms with E-state index in [0.29, 0.717) is 29.0 Å². The summed E-state index contributed by atoms with van der Waals surface area (Å²) in [4.78, 5) is 11.8. The number of carbonyl (C=O) groups is 1. The van der Waals surface area contributed by atoms with Crippen molar-refractivity contribution in [3.63, 3.8) is 0 Å². The van der Waals surface area contributed by atoms with Crippen LogP contribution in [0.2, 0.25) is 0 Å². The lowest BCUT2D eigenvalue weighted by atomic mass is 9.58. The number of ketones is 1. The molecule has 1 nitrogen and oxygen atoms in total. The van der Waals surface area contributed by atoms with Crippen molar-refractivity contribution in [2.75, 3.05) is 0 Å². The number of carbonyl (C=O) groups excluding carboxylic acids is 1. The average Bonchev–Trinajstić information content (AvgIpc) is 2.52. The second kappa shape index (κ2) is 3.57. The Balaban J connectivity index is 2.01. The first kappa shape index (κ1) is 11.3. The standard InChI is InChI=1S/C16H22O/c1-10-5-4-6-16(3)9-12-7-15(17)11(2)13(12)8-14(10)16/h8,10,12-13H,2,4-7,9H2,1,3H3/t10-,12?,13?,16+/m0/s1. The van der Waals surface area contributed by atoms with Gasteiger partial charge in [-0.05, 0) is 42.1 Å². The van der Waals surface area contributed by atoms with Crippen LogP contribution in [0.1, 0.15) is 46.0 Å². The van der Waals surface area contributed by atoms with Crippen molar-refractivity contribution in [3.05, 3.63) is 23.8 Å². The molecule has 0 radical (unpaired) electrons. The van der Waals surface area contributed by atoms with Crippen molar-refractivity contribution in [3.8, 4) is 0 Å². The normalized spacial score (nSPS) is 45.3. The summed E-state index contributed by atoms with van der Waals surface area (Å²) in [5.74, 6) is 1.94. The molecule has 3 aliphatic rings. The van der Waals surface area contributed by atoms with Crippen LogP contribution in [0.25, 0.3) is 0 Å². The topological polar surface area (TPSA) is 17.1 Å². The molecule has 2 unspecified atom stereocenters. The Kier molecular flexibility index (Phi) is 2.36. The molecule has 2 saturated carbocycles. The summed E-state index contributed by atoms with van der Waals surface area (Å²) >= 11 is 0. The predicted molar refractivity (Wildman–Crippen MR) is 69.6 cm³/mol. The molecule has 0 saturated heterocycles. The van der Waals surface area contributed by atoms with Gasteiger partial charge in [0, 0.05) is 12.3 Å². The van der Waals surface area contributed by atoms with Crippen molar-refractivity contribution < 1.29 is 4.79 Å². The first-order valence-electron chi connectivity index (χ1n) is 6.95. The van der Waals surface area contributed by atoms with E-state index in [0.717, 1.165) is 12.0 Å². The van der Waals surface area contributed by atoms with Crippen molar-refractivity contribution in [1.29, 1.82) is 0 Å². The molecule has 3 aliphatic carbocycles. The number of Topliss-reactive ketones (excluding diaryl/α,β-unsaturated/α-hetero) is 1. The van der Waals surface area contributed by atoms with Crippen LogP contribution in [0.15, 0.2) is 23.8 Å². The number of hydrogen-bond acceptors (Lipinski definition) is 1. The summed E-state index contributed by atoms with van der Waals surface area (Å²) in [6.45, 7) is 8.77. The van der Waals surface area contributed by atoms with Gasteiger partial charge in [0.05, 0.1) is 0 Å². The van der Waals surface area contributed by atoms with Crippen LogP contribution < -0.4 is 0 Å². The first-order valence-corrected chi connectivity index (χ1v) is 6.95. The largest absolute Gasteiger partial charge is 0.295 e. The zero-order valence-electron chi connectivity index (χ0n) is 11.0. The molecule has 0 aromatic carbocycles. The highest BCUT2D eigenvalue weighted by atomic mass is 16.1. The van der Waals surface area contributed by atoms with E-state index in [4.69, 9.17) is 0 Å². The maximum atomic E-state index is 11.8. The van der Waals surface area contributed by atoms with Gasteiger partial charge >= 0.3 is 0 Å². The monoisotopic (exact) mass is 230 g/mol. The van der Waals surface area contributed by atoms with Crippen LogP contribution >= 0.6 is 0 Å². The Morgan fingerprint density at radius 3 is 3.00 bits per heavy atom. The fraction of sp³-hybridized carbons (Fsp3) is 0.688. The van der Waals surface area contributed by atoms with Crippen molar-refractivity contribution in [2.24, 2.45) is 23.2 Å². The lowest BCUT2D eigenvalue weighted by Crippen LogP contribution is -2.35. The Labute approximate surface area is 104 Å². The van der Waals surface area contributed by atoms with Crippen LogP contribution in [0.3, 0.4) is 0 Å². The third-order valence-corrected chi connectivity index (χ3v) is 5.38. The molecule has 92 valence electrons. The van der Waals surface area contributed by atoms with E-state index in [1.165, 1.54) is 25.7 Å². The van der Waals surface area contributed by atoms with E-state index in [1.807, 2.05) is 0 Å². The van der Waals surface area contributed by atoms with Gasteiger partial charge in [-0.25, -0.2) is 0 Å². The highest BCUT2D eigenvalue weighted by Gasteiger charge is 2.47. The fourth-order valence-electron chi connectivity index (χ4n) is 4.45. The third-order valence-electron chi connectivity index (χ3n) is 5.38. The molecule has 2 fully saturated rings. The highest BCUT2D eigenvalue weighted by molar-refractivity contribution is 5.98. The van der Waals surface area contributed by atoms with Gasteiger partial charge in [0.15, 0.2) is 5.78 Å². The Bertz CT molecular complexity index is 417. The lowest BCUT2D eigenvalue weighted by molar-refractivity contribution is -0.114. The van der Waals surface area contributed by atoms with Gasteiger partial charge in [-0.2, -0.15) is 0 Å². The summed E-state index contributed by atoms with van der Waals surface area (Å²) in [6.07, 6.45) is 8.36.